The van der Waals surface area contributed by atoms with Crippen LogP contribution in [-0.4, -0.2) is 32.6 Å². The first-order chi connectivity index (χ1) is 8.79. The van der Waals surface area contributed by atoms with Gasteiger partial charge < -0.3 is 10.1 Å². The fourth-order valence-electron chi connectivity index (χ4n) is 1.99. The zero-order valence-corrected chi connectivity index (χ0v) is 12.5. The summed E-state index contributed by atoms with van der Waals surface area (Å²) in [6.45, 7) is 5.36. The Labute approximate surface area is 115 Å². The van der Waals surface area contributed by atoms with Crippen molar-refractivity contribution in [3.05, 3.63) is 29.3 Å². The summed E-state index contributed by atoms with van der Waals surface area (Å²) in [5.74, 6) is 0.972. The highest BCUT2D eigenvalue weighted by Crippen LogP contribution is 2.25. The molecule has 2 rings (SSSR count). The first kappa shape index (κ1) is 14.3. The second kappa shape index (κ2) is 5.13. The Morgan fingerprint density at radius 2 is 2.11 bits per heavy atom. The third-order valence-corrected chi connectivity index (χ3v) is 5.79. The predicted octanol–water partition coefficient (Wildman–Crippen LogP) is 1.53. The van der Waals surface area contributed by atoms with Crippen molar-refractivity contribution in [3.63, 3.8) is 0 Å². The molecule has 0 saturated carbocycles. The van der Waals surface area contributed by atoms with Crippen LogP contribution < -0.4 is 10.1 Å². The quantitative estimate of drug-likeness (QED) is 0.890. The lowest BCUT2D eigenvalue weighted by Crippen LogP contribution is -2.41. The van der Waals surface area contributed by atoms with Crippen molar-refractivity contribution in [2.45, 2.75) is 31.6 Å². The fourth-order valence-corrected chi connectivity index (χ4v) is 2.35. The van der Waals surface area contributed by atoms with Crippen LogP contribution in [0.3, 0.4) is 0 Å². The van der Waals surface area contributed by atoms with Gasteiger partial charge >= 0.3 is 0 Å². The van der Waals surface area contributed by atoms with Gasteiger partial charge in [-0.1, -0.05) is 12.1 Å². The molecule has 5 heteroatoms. The lowest BCUT2D eigenvalue weighted by atomic mass is 10.1. The van der Waals surface area contributed by atoms with Gasteiger partial charge in [-0.25, -0.2) is 8.42 Å². The van der Waals surface area contributed by atoms with E-state index in [1.54, 1.807) is 13.8 Å². The Morgan fingerprint density at radius 1 is 1.37 bits per heavy atom. The van der Waals surface area contributed by atoms with Gasteiger partial charge in [0, 0.05) is 25.8 Å². The largest absolute Gasteiger partial charge is 0.493 e. The first-order valence-corrected chi connectivity index (χ1v) is 8.34. The summed E-state index contributed by atoms with van der Waals surface area (Å²) in [5.41, 5.74) is 2.40. The summed E-state index contributed by atoms with van der Waals surface area (Å²) in [6.07, 6.45) is 2.24. The molecule has 0 saturated heterocycles. The minimum absolute atomic E-state index is 0.444. The van der Waals surface area contributed by atoms with Crippen LogP contribution in [0.2, 0.25) is 0 Å². The Bertz CT molecular complexity index is 564. The number of fused-ring (bicyclic) bond motifs is 1. The molecule has 0 atom stereocenters. The van der Waals surface area contributed by atoms with Crippen LogP contribution in [0, 0.1) is 0 Å². The molecular formula is C14H21NO3S. The standard InChI is InChI=1S/C14H21NO3S/c1-14(2,19(3,16)17)10-15-9-11-4-5-13-12(8-11)6-7-18-13/h4-5,8,15H,6-7,9-10H2,1-3H3. The molecule has 1 aromatic carbocycles. The second-order valence-corrected chi connectivity index (χ2v) is 8.33. The molecule has 106 valence electrons. The molecule has 0 fully saturated rings. The average molecular weight is 283 g/mol. The van der Waals surface area contributed by atoms with E-state index in [-0.39, 0.29) is 0 Å². The van der Waals surface area contributed by atoms with Gasteiger partial charge in [0.25, 0.3) is 0 Å². The number of benzene rings is 1. The summed E-state index contributed by atoms with van der Waals surface area (Å²) in [6, 6.07) is 6.13. The molecule has 1 heterocycles. The molecule has 0 unspecified atom stereocenters. The van der Waals surface area contributed by atoms with Gasteiger partial charge in [0.2, 0.25) is 0 Å². The Hall–Kier alpha value is -1.07. The average Bonchev–Trinajstić information content (AvgIpc) is 2.74. The first-order valence-electron chi connectivity index (χ1n) is 6.44. The van der Waals surface area contributed by atoms with E-state index in [1.807, 2.05) is 12.1 Å². The summed E-state index contributed by atoms with van der Waals surface area (Å²) >= 11 is 0. The van der Waals surface area contributed by atoms with Crippen molar-refractivity contribution in [1.82, 2.24) is 5.32 Å². The van der Waals surface area contributed by atoms with Crippen LogP contribution in [0.1, 0.15) is 25.0 Å². The molecule has 0 spiro atoms. The lowest BCUT2D eigenvalue weighted by Gasteiger charge is -2.22. The smallest absolute Gasteiger partial charge is 0.153 e. The van der Waals surface area contributed by atoms with Crippen molar-refractivity contribution in [2.75, 3.05) is 19.4 Å². The molecule has 19 heavy (non-hydrogen) atoms. The Morgan fingerprint density at radius 3 is 2.79 bits per heavy atom. The number of rotatable bonds is 5. The molecule has 1 aliphatic heterocycles. The molecule has 1 aromatic rings. The molecule has 1 aliphatic rings. The minimum atomic E-state index is -3.05. The van der Waals surface area contributed by atoms with Gasteiger partial charge in [-0.15, -0.1) is 0 Å². The van der Waals surface area contributed by atoms with E-state index in [1.165, 1.54) is 11.8 Å². The third kappa shape index (κ3) is 3.28. The maximum atomic E-state index is 11.6. The maximum absolute atomic E-state index is 11.6. The highest BCUT2D eigenvalue weighted by Gasteiger charge is 2.29. The van der Waals surface area contributed by atoms with Gasteiger partial charge in [-0.2, -0.15) is 0 Å². The summed E-state index contributed by atoms with van der Waals surface area (Å²) in [7, 11) is -3.05. The molecule has 0 bridgehead atoms. The molecular weight excluding hydrogens is 262 g/mol. The van der Waals surface area contributed by atoms with Gasteiger partial charge in [0.15, 0.2) is 9.84 Å². The number of nitrogens with one attached hydrogen (secondary N) is 1. The molecule has 1 N–H and O–H groups in total. The zero-order chi connectivity index (χ0) is 14.1. The second-order valence-electron chi connectivity index (χ2n) is 5.68. The minimum Gasteiger partial charge on any atom is -0.493 e. The normalized spacial score (nSPS) is 15.1. The van der Waals surface area contributed by atoms with Crippen molar-refractivity contribution in [3.8, 4) is 5.75 Å². The Kier molecular flexibility index (Phi) is 3.87. The summed E-state index contributed by atoms with van der Waals surface area (Å²) in [5, 5.41) is 3.22. The number of hydrogen-bond acceptors (Lipinski definition) is 4. The van der Waals surface area contributed by atoms with E-state index in [9.17, 15) is 8.42 Å². The van der Waals surface area contributed by atoms with Crippen LogP contribution in [0.25, 0.3) is 0 Å². The maximum Gasteiger partial charge on any atom is 0.153 e. The van der Waals surface area contributed by atoms with Crippen LogP contribution in [0.4, 0.5) is 0 Å². The molecule has 0 aliphatic carbocycles. The van der Waals surface area contributed by atoms with E-state index in [0.29, 0.717) is 13.1 Å². The Balaban J connectivity index is 1.93. The van der Waals surface area contributed by atoms with Crippen LogP contribution in [-0.2, 0) is 22.8 Å². The number of hydrogen-bond donors (Lipinski definition) is 1. The van der Waals surface area contributed by atoms with Crippen LogP contribution >= 0.6 is 0 Å². The van der Waals surface area contributed by atoms with E-state index in [4.69, 9.17) is 4.74 Å². The van der Waals surface area contributed by atoms with E-state index >= 15 is 0 Å². The highest BCUT2D eigenvalue weighted by molar-refractivity contribution is 7.92. The SMILES string of the molecule is CC(C)(CNCc1ccc2c(c1)CCO2)S(C)(=O)=O. The highest BCUT2D eigenvalue weighted by atomic mass is 32.2. The molecule has 4 nitrogen and oxygen atoms in total. The molecule has 0 amide bonds. The van der Waals surface area contributed by atoms with Crippen molar-refractivity contribution >= 4 is 9.84 Å². The van der Waals surface area contributed by atoms with E-state index < -0.39 is 14.6 Å². The third-order valence-electron chi connectivity index (χ3n) is 3.64. The fraction of sp³-hybridized carbons (Fsp3) is 0.571. The van der Waals surface area contributed by atoms with Crippen LogP contribution in [0.5, 0.6) is 5.75 Å². The summed E-state index contributed by atoms with van der Waals surface area (Å²) < 4.78 is 27.9. The summed E-state index contributed by atoms with van der Waals surface area (Å²) in [4.78, 5) is 0. The topological polar surface area (TPSA) is 55.4 Å². The number of ether oxygens (including phenoxy) is 1. The van der Waals surface area contributed by atoms with Gasteiger partial charge in [0.1, 0.15) is 5.75 Å². The van der Waals surface area contributed by atoms with Gasteiger partial charge in [-0.05, 0) is 31.0 Å². The lowest BCUT2D eigenvalue weighted by molar-refractivity contribution is 0.357. The van der Waals surface area contributed by atoms with E-state index in [2.05, 4.69) is 11.4 Å². The van der Waals surface area contributed by atoms with Crippen molar-refractivity contribution in [2.24, 2.45) is 0 Å². The van der Waals surface area contributed by atoms with Crippen LogP contribution in [0.15, 0.2) is 18.2 Å². The molecule has 0 aromatic heterocycles. The molecule has 0 radical (unpaired) electrons. The van der Waals surface area contributed by atoms with Gasteiger partial charge in [0.05, 0.1) is 11.4 Å². The van der Waals surface area contributed by atoms with Crippen molar-refractivity contribution < 1.29 is 13.2 Å². The predicted molar refractivity (Wildman–Crippen MR) is 76.3 cm³/mol. The monoisotopic (exact) mass is 283 g/mol. The van der Waals surface area contributed by atoms with Crippen molar-refractivity contribution in [1.29, 1.82) is 0 Å². The number of sulfone groups is 1. The van der Waals surface area contributed by atoms with Gasteiger partial charge in [-0.3, -0.25) is 0 Å². The van der Waals surface area contributed by atoms with E-state index in [0.717, 1.165) is 24.3 Å². The zero-order valence-electron chi connectivity index (χ0n) is 11.7.